The van der Waals surface area contributed by atoms with Gasteiger partial charge >= 0.3 is 0 Å². The molecule has 0 bridgehead atoms. The highest BCUT2D eigenvalue weighted by atomic mass is 19.1. The van der Waals surface area contributed by atoms with Crippen LogP contribution in [0.2, 0.25) is 0 Å². The van der Waals surface area contributed by atoms with Gasteiger partial charge in [0.25, 0.3) is 0 Å². The number of carbonyl (C=O) groups excluding carboxylic acids is 1. The molecule has 3 aromatic rings. The summed E-state index contributed by atoms with van der Waals surface area (Å²) in [4.78, 5) is 23.1. The van der Waals surface area contributed by atoms with Gasteiger partial charge < -0.3 is 10.3 Å². The Morgan fingerprint density at radius 3 is 2.66 bits per heavy atom. The van der Waals surface area contributed by atoms with E-state index in [0.717, 1.165) is 73.7 Å². The van der Waals surface area contributed by atoms with E-state index in [4.69, 9.17) is 0 Å². The molecule has 1 aliphatic heterocycles. The number of halogens is 1. The van der Waals surface area contributed by atoms with Crippen LogP contribution < -0.4 is 5.32 Å². The van der Waals surface area contributed by atoms with Gasteiger partial charge in [0.05, 0.1) is 0 Å². The molecule has 0 aliphatic carbocycles. The third-order valence-corrected chi connectivity index (χ3v) is 6.09. The van der Waals surface area contributed by atoms with Crippen LogP contribution in [0.25, 0.3) is 11.1 Å². The maximum Gasteiger partial charge on any atom is 0.227 e. The van der Waals surface area contributed by atoms with E-state index >= 15 is 0 Å². The fourth-order valence-electron chi connectivity index (χ4n) is 4.24. The minimum Gasteiger partial charge on any atom is -0.345 e. The second-order valence-electron chi connectivity index (χ2n) is 8.59. The maximum atomic E-state index is 13.5. The summed E-state index contributed by atoms with van der Waals surface area (Å²) in [5, 5.41) is 3.06. The van der Waals surface area contributed by atoms with E-state index in [1.807, 2.05) is 36.5 Å². The largest absolute Gasteiger partial charge is 0.345 e. The van der Waals surface area contributed by atoms with Crippen molar-refractivity contribution < 1.29 is 9.18 Å². The Morgan fingerprint density at radius 1 is 1.16 bits per heavy atom. The number of unbranched alkanes of at least 4 members (excludes halogenated alkanes) is 1. The third-order valence-electron chi connectivity index (χ3n) is 6.09. The van der Waals surface area contributed by atoms with Crippen LogP contribution in [0.4, 0.5) is 10.1 Å². The predicted octanol–water partition coefficient (Wildman–Crippen LogP) is 5.41. The van der Waals surface area contributed by atoms with Crippen molar-refractivity contribution in [1.29, 1.82) is 0 Å². The minimum absolute atomic E-state index is 0.00552. The van der Waals surface area contributed by atoms with Crippen molar-refractivity contribution >= 4 is 11.6 Å². The molecule has 6 heteroatoms. The molecular weight excluding hydrogens is 403 g/mol. The van der Waals surface area contributed by atoms with Crippen molar-refractivity contribution in [3.63, 3.8) is 0 Å². The normalized spacial score (nSPS) is 15.1. The van der Waals surface area contributed by atoms with Gasteiger partial charge in [0.15, 0.2) is 0 Å². The number of piperidine rings is 1. The highest BCUT2D eigenvalue weighted by Crippen LogP contribution is 2.25. The molecule has 168 valence electrons. The average molecular weight is 435 g/mol. The topological polar surface area (TPSA) is 61.0 Å². The lowest BCUT2D eigenvalue weighted by Gasteiger charge is -2.30. The van der Waals surface area contributed by atoms with Gasteiger partial charge in [-0.15, -0.1) is 0 Å². The quantitative estimate of drug-likeness (QED) is 0.498. The zero-order chi connectivity index (χ0) is 22.3. The number of nitrogens with zero attached hydrogens (tertiary/aromatic N) is 2. The highest BCUT2D eigenvalue weighted by Gasteiger charge is 2.25. The van der Waals surface area contributed by atoms with Gasteiger partial charge in [-0.25, -0.2) is 9.37 Å². The molecule has 32 heavy (non-hydrogen) atoms. The molecule has 4 rings (SSSR count). The van der Waals surface area contributed by atoms with Gasteiger partial charge in [-0.2, -0.15) is 0 Å². The summed E-state index contributed by atoms with van der Waals surface area (Å²) >= 11 is 0. The van der Waals surface area contributed by atoms with Crippen molar-refractivity contribution in [2.24, 2.45) is 5.92 Å². The fraction of sp³-hybridized carbons (Fsp3) is 0.385. The first-order valence-electron chi connectivity index (χ1n) is 11.5. The molecule has 2 aromatic carbocycles. The monoisotopic (exact) mass is 434 g/mol. The van der Waals surface area contributed by atoms with E-state index in [1.54, 1.807) is 6.07 Å². The first-order valence-corrected chi connectivity index (χ1v) is 11.5. The number of anilines is 1. The number of H-pyrrole nitrogens is 1. The summed E-state index contributed by atoms with van der Waals surface area (Å²) in [5.41, 5.74) is 3.57. The molecule has 0 unspecified atom stereocenters. The number of hydrogen-bond donors (Lipinski definition) is 2. The summed E-state index contributed by atoms with van der Waals surface area (Å²) in [6, 6.07) is 14.1. The van der Waals surface area contributed by atoms with Crippen molar-refractivity contribution in [3.05, 3.63) is 72.1 Å². The molecular formula is C26H31FN4O. The number of hydrogen-bond acceptors (Lipinski definition) is 3. The Kier molecular flexibility index (Phi) is 7.32. The van der Waals surface area contributed by atoms with Gasteiger partial charge in [-0.05, 0) is 67.7 Å². The van der Waals surface area contributed by atoms with Crippen LogP contribution in [-0.2, 0) is 17.8 Å². The number of aromatic nitrogens is 2. The first kappa shape index (κ1) is 22.2. The van der Waals surface area contributed by atoms with Gasteiger partial charge in [-0.1, -0.05) is 37.6 Å². The van der Waals surface area contributed by atoms with E-state index in [1.165, 1.54) is 18.6 Å². The Balaban J connectivity index is 1.28. The summed E-state index contributed by atoms with van der Waals surface area (Å²) in [7, 11) is 0. The number of nitrogens with one attached hydrogen (secondary N) is 2. The molecule has 0 radical (unpaired) electrons. The second-order valence-corrected chi connectivity index (χ2v) is 8.59. The standard InChI is InChI=1S/C26H31FN4O/c1-2-3-10-25-28-17-24(29-25)18-31-13-11-19(12-14-31)26(32)30-23-9-5-7-21(16-23)20-6-4-8-22(27)15-20/h4-9,15-17,19H,2-3,10-14,18H2,1H3,(H,28,29)(H,30,32). The van der Waals surface area contributed by atoms with E-state index in [9.17, 15) is 9.18 Å². The molecule has 1 saturated heterocycles. The molecule has 2 heterocycles. The average Bonchev–Trinajstić information content (AvgIpc) is 3.25. The molecule has 1 aromatic heterocycles. The third kappa shape index (κ3) is 5.82. The molecule has 0 spiro atoms. The maximum absolute atomic E-state index is 13.5. The molecule has 1 amide bonds. The minimum atomic E-state index is -0.268. The lowest BCUT2D eigenvalue weighted by Crippen LogP contribution is -2.37. The Labute approximate surface area is 189 Å². The van der Waals surface area contributed by atoms with Crippen LogP contribution in [0.15, 0.2) is 54.7 Å². The Bertz CT molecular complexity index is 1040. The van der Waals surface area contributed by atoms with Crippen molar-refractivity contribution in [2.45, 2.75) is 45.6 Å². The molecule has 1 fully saturated rings. The van der Waals surface area contributed by atoms with Crippen LogP contribution in [0, 0.1) is 11.7 Å². The molecule has 0 saturated carbocycles. The molecule has 1 aliphatic rings. The Morgan fingerprint density at radius 2 is 1.91 bits per heavy atom. The number of benzene rings is 2. The van der Waals surface area contributed by atoms with E-state index in [2.05, 4.69) is 27.1 Å². The number of rotatable bonds is 8. The summed E-state index contributed by atoms with van der Waals surface area (Å²) < 4.78 is 13.5. The SMILES string of the molecule is CCCCc1ncc(CN2CCC(C(=O)Nc3cccc(-c4cccc(F)c4)c3)CC2)[nH]1. The summed E-state index contributed by atoms with van der Waals surface area (Å²) in [6.07, 6.45) is 6.94. The lowest BCUT2D eigenvalue weighted by molar-refractivity contribution is -0.121. The number of amides is 1. The van der Waals surface area contributed by atoms with Crippen molar-refractivity contribution in [3.8, 4) is 11.1 Å². The molecule has 5 nitrogen and oxygen atoms in total. The number of imidazole rings is 1. The smallest absolute Gasteiger partial charge is 0.227 e. The second kappa shape index (κ2) is 10.6. The van der Waals surface area contributed by atoms with Gasteiger partial charge in [0.2, 0.25) is 5.91 Å². The van der Waals surface area contributed by atoms with Crippen LogP contribution in [-0.4, -0.2) is 33.9 Å². The lowest BCUT2D eigenvalue weighted by atomic mass is 9.95. The van der Waals surface area contributed by atoms with Crippen molar-refractivity contribution in [1.82, 2.24) is 14.9 Å². The van der Waals surface area contributed by atoms with Gasteiger partial charge in [0.1, 0.15) is 11.6 Å². The first-order chi connectivity index (χ1) is 15.6. The zero-order valence-electron chi connectivity index (χ0n) is 18.6. The Hall–Kier alpha value is -2.99. The zero-order valence-corrected chi connectivity index (χ0v) is 18.6. The van der Waals surface area contributed by atoms with Crippen LogP contribution in [0.3, 0.4) is 0 Å². The van der Waals surface area contributed by atoms with Crippen LogP contribution in [0.5, 0.6) is 0 Å². The van der Waals surface area contributed by atoms with Gasteiger partial charge in [0, 0.05) is 36.5 Å². The number of likely N-dealkylation sites (tertiary alicyclic amines) is 1. The van der Waals surface area contributed by atoms with Crippen LogP contribution in [0.1, 0.15) is 44.1 Å². The predicted molar refractivity (Wildman–Crippen MR) is 126 cm³/mol. The number of carbonyl (C=O) groups is 1. The molecule has 0 atom stereocenters. The summed E-state index contributed by atoms with van der Waals surface area (Å²) in [5.74, 6) is 0.864. The fourth-order valence-corrected chi connectivity index (χ4v) is 4.24. The van der Waals surface area contributed by atoms with Crippen LogP contribution >= 0.6 is 0 Å². The van der Waals surface area contributed by atoms with Gasteiger partial charge in [-0.3, -0.25) is 9.69 Å². The molecule has 2 N–H and O–H groups in total. The van der Waals surface area contributed by atoms with E-state index < -0.39 is 0 Å². The highest BCUT2D eigenvalue weighted by molar-refractivity contribution is 5.93. The van der Waals surface area contributed by atoms with Crippen molar-refractivity contribution in [2.75, 3.05) is 18.4 Å². The van der Waals surface area contributed by atoms with E-state index in [0.29, 0.717) is 0 Å². The number of aryl methyl sites for hydroxylation is 1. The van der Waals surface area contributed by atoms with E-state index in [-0.39, 0.29) is 17.6 Å². The number of aromatic amines is 1. The summed E-state index contributed by atoms with van der Waals surface area (Å²) in [6.45, 7) is 4.82.